The van der Waals surface area contributed by atoms with E-state index < -0.39 is 47.5 Å². The second kappa shape index (κ2) is 8.81. The minimum atomic E-state index is -5.77. The maximum Gasteiger partial charge on any atom is 0.425 e. The lowest BCUT2D eigenvalue weighted by molar-refractivity contribution is -0.363. The van der Waals surface area contributed by atoms with Crippen molar-refractivity contribution >= 4 is 14.0 Å². The van der Waals surface area contributed by atoms with E-state index >= 15 is 0 Å². The molecule has 4 nitrogen and oxygen atoms in total. The van der Waals surface area contributed by atoms with Crippen LogP contribution in [0, 0.1) is 11.3 Å². The lowest BCUT2D eigenvalue weighted by atomic mass is 9.73. The van der Waals surface area contributed by atoms with E-state index in [9.17, 15) is 36.2 Å². The molecule has 28 heavy (non-hydrogen) atoms. The molecule has 0 saturated carbocycles. The minimum Gasteiger partial charge on any atom is -0.462 e. The number of rotatable bonds is 9. The topological polar surface area (TPSA) is 55.8 Å². The van der Waals surface area contributed by atoms with Gasteiger partial charge in [-0.25, -0.2) is 0 Å². The number of halogens is 6. The molecule has 0 fully saturated rings. The summed E-state index contributed by atoms with van der Waals surface area (Å²) in [6, 6.07) is 0. The SMILES string of the molecule is BOC(CC(CC(C)C)OC(=O)C(C)(CC)C(C)(C)O)(C(F)(F)F)C(F)(F)F. The number of hydrogen-bond acceptors (Lipinski definition) is 4. The van der Waals surface area contributed by atoms with Crippen LogP contribution in [-0.2, 0) is 14.2 Å². The molecule has 0 saturated heterocycles. The van der Waals surface area contributed by atoms with Crippen molar-refractivity contribution in [2.24, 2.45) is 11.3 Å². The molecule has 0 heterocycles. The van der Waals surface area contributed by atoms with E-state index in [0.717, 1.165) is 0 Å². The largest absolute Gasteiger partial charge is 0.462 e. The molecule has 0 aliphatic heterocycles. The van der Waals surface area contributed by atoms with Gasteiger partial charge in [-0.15, -0.1) is 0 Å². The first-order valence-electron chi connectivity index (χ1n) is 8.91. The number of esters is 1. The maximum absolute atomic E-state index is 13.4. The summed E-state index contributed by atoms with van der Waals surface area (Å²) in [6.45, 7) is 8.69. The van der Waals surface area contributed by atoms with Crippen LogP contribution in [-0.4, -0.2) is 48.8 Å². The van der Waals surface area contributed by atoms with E-state index in [1.54, 1.807) is 20.8 Å². The molecule has 0 aromatic carbocycles. The van der Waals surface area contributed by atoms with E-state index in [2.05, 4.69) is 4.65 Å². The third kappa shape index (κ3) is 5.55. The summed E-state index contributed by atoms with van der Waals surface area (Å²) in [7, 11) is 0.322. The van der Waals surface area contributed by atoms with Crippen molar-refractivity contribution in [3.05, 3.63) is 0 Å². The van der Waals surface area contributed by atoms with Crippen LogP contribution in [0.15, 0.2) is 0 Å². The second-order valence-electron chi connectivity index (χ2n) is 8.13. The van der Waals surface area contributed by atoms with Gasteiger partial charge in [0.2, 0.25) is 5.60 Å². The maximum atomic E-state index is 13.4. The number of alkyl halides is 6. The zero-order valence-corrected chi connectivity index (χ0v) is 17.2. The molecule has 2 atom stereocenters. The first-order chi connectivity index (χ1) is 12.3. The van der Waals surface area contributed by atoms with E-state index in [1.165, 1.54) is 20.8 Å². The molecule has 0 bridgehead atoms. The number of carbonyl (C=O) groups is 1. The normalized spacial score (nSPS) is 17.4. The first kappa shape index (κ1) is 27.0. The van der Waals surface area contributed by atoms with Gasteiger partial charge in [0.05, 0.1) is 11.0 Å². The van der Waals surface area contributed by atoms with Crippen LogP contribution in [0.25, 0.3) is 0 Å². The van der Waals surface area contributed by atoms with E-state index in [0.29, 0.717) is 8.05 Å². The average Bonchev–Trinajstić information content (AvgIpc) is 2.46. The van der Waals surface area contributed by atoms with Crippen molar-refractivity contribution in [3.63, 3.8) is 0 Å². The van der Waals surface area contributed by atoms with Crippen LogP contribution < -0.4 is 0 Å². The third-order valence-electron chi connectivity index (χ3n) is 5.30. The average molecular weight is 422 g/mol. The first-order valence-corrected chi connectivity index (χ1v) is 8.91. The number of ether oxygens (including phenoxy) is 1. The Morgan fingerprint density at radius 3 is 1.71 bits per heavy atom. The quantitative estimate of drug-likeness (QED) is 0.348. The molecule has 0 aliphatic rings. The molecule has 0 aromatic heterocycles. The summed E-state index contributed by atoms with van der Waals surface area (Å²) in [6.07, 6.45) is -15.1. The standard InChI is InChI=1S/C17H29BF6O4/c1-7-14(6,13(4,5)26)12(25)27-11(8-10(2)3)9-15(28-18,16(19,20)21)17(22,23)24/h10-11,26H,7-9,18H2,1-6H3. The van der Waals surface area contributed by atoms with Crippen molar-refractivity contribution in [2.75, 3.05) is 0 Å². The smallest absolute Gasteiger partial charge is 0.425 e. The van der Waals surface area contributed by atoms with Crippen molar-refractivity contribution in [1.82, 2.24) is 0 Å². The van der Waals surface area contributed by atoms with Crippen molar-refractivity contribution < 1.29 is 45.6 Å². The van der Waals surface area contributed by atoms with Crippen LogP contribution in [0.4, 0.5) is 26.3 Å². The molecule has 1 N–H and O–H groups in total. The minimum absolute atomic E-state index is 0.0672. The fraction of sp³-hybridized carbons (Fsp3) is 0.941. The summed E-state index contributed by atoms with van der Waals surface area (Å²) in [5, 5.41) is 10.3. The van der Waals surface area contributed by atoms with Crippen LogP contribution in [0.2, 0.25) is 0 Å². The van der Waals surface area contributed by atoms with Gasteiger partial charge >= 0.3 is 18.3 Å². The fourth-order valence-corrected chi connectivity index (χ4v) is 2.83. The molecule has 2 unspecified atom stereocenters. The van der Waals surface area contributed by atoms with Gasteiger partial charge in [-0.05, 0) is 39.5 Å². The second-order valence-corrected chi connectivity index (χ2v) is 8.13. The summed E-state index contributed by atoms with van der Waals surface area (Å²) in [4.78, 5) is 12.6. The highest BCUT2D eigenvalue weighted by Gasteiger charge is 2.72. The summed E-state index contributed by atoms with van der Waals surface area (Å²) >= 11 is 0. The zero-order chi connectivity index (χ0) is 22.8. The Morgan fingerprint density at radius 2 is 1.46 bits per heavy atom. The molecule has 0 aromatic rings. The van der Waals surface area contributed by atoms with Gasteiger partial charge in [0.25, 0.3) is 8.05 Å². The van der Waals surface area contributed by atoms with Crippen molar-refractivity contribution in [3.8, 4) is 0 Å². The van der Waals surface area contributed by atoms with E-state index in [4.69, 9.17) is 4.74 Å². The lowest BCUT2D eigenvalue weighted by Crippen LogP contribution is -2.60. The van der Waals surface area contributed by atoms with Crippen LogP contribution in [0.5, 0.6) is 0 Å². The highest BCUT2D eigenvalue weighted by atomic mass is 19.4. The monoisotopic (exact) mass is 422 g/mol. The molecule has 0 rings (SSSR count). The van der Waals surface area contributed by atoms with Gasteiger partial charge < -0.3 is 14.5 Å². The molecule has 0 aliphatic carbocycles. The van der Waals surface area contributed by atoms with E-state index in [-0.39, 0.29) is 18.8 Å². The Morgan fingerprint density at radius 1 is 1.04 bits per heavy atom. The number of aliphatic hydroxyl groups is 1. The Bertz CT molecular complexity index is 513. The van der Waals surface area contributed by atoms with Gasteiger partial charge in [0.15, 0.2) is 0 Å². The highest BCUT2D eigenvalue weighted by Crippen LogP contribution is 2.49. The summed E-state index contributed by atoms with van der Waals surface area (Å²) < 4.78 is 89.3. The molecular formula is C17H29BF6O4. The number of carbonyl (C=O) groups excluding carboxylic acids is 1. The van der Waals surface area contributed by atoms with Gasteiger partial charge in [0.1, 0.15) is 6.10 Å². The van der Waals surface area contributed by atoms with Crippen LogP contribution in [0.3, 0.4) is 0 Å². The Kier molecular flexibility index (Phi) is 8.51. The van der Waals surface area contributed by atoms with Crippen LogP contribution >= 0.6 is 0 Å². The summed E-state index contributed by atoms with van der Waals surface area (Å²) in [5.74, 6) is -1.42. The number of hydrogen-bond donors (Lipinski definition) is 1. The van der Waals surface area contributed by atoms with Gasteiger partial charge in [-0.1, -0.05) is 20.8 Å². The van der Waals surface area contributed by atoms with E-state index in [1.807, 2.05) is 0 Å². The Balaban J connectivity index is 6.04. The highest BCUT2D eigenvalue weighted by molar-refractivity contribution is 5.98. The molecule has 0 amide bonds. The molecular weight excluding hydrogens is 393 g/mol. The molecule has 0 radical (unpaired) electrons. The molecule has 11 heteroatoms. The fourth-order valence-electron chi connectivity index (χ4n) is 2.83. The molecule has 166 valence electrons. The zero-order valence-electron chi connectivity index (χ0n) is 17.2. The van der Waals surface area contributed by atoms with Crippen LogP contribution in [0.1, 0.15) is 60.8 Å². The van der Waals surface area contributed by atoms with Crippen molar-refractivity contribution in [1.29, 1.82) is 0 Å². The summed E-state index contributed by atoms with van der Waals surface area (Å²) in [5.41, 5.74) is -7.60. The Labute approximate surface area is 162 Å². The molecule has 0 spiro atoms. The lowest BCUT2D eigenvalue weighted by Gasteiger charge is -2.41. The van der Waals surface area contributed by atoms with Gasteiger partial charge in [-0.2, -0.15) is 26.3 Å². The predicted octanol–water partition coefficient (Wildman–Crippen LogP) is 3.95. The Hall–Kier alpha value is -0.965. The third-order valence-corrected chi connectivity index (χ3v) is 5.30. The van der Waals surface area contributed by atoms with Gasteiger partial charge in [0, 0.05) is 6.42 Å². The predicted molar refractivity (Wildman–Crippen MR) is 93.1 cm³/mol. The van der Waals surface area contributed by atoms with Crippen molar-refractivity contribution in [2.45, 2.75) is 90.5 Å². The van der Waals surface area contributed by atoms with Gasteiger partial charge in [-0.3, -0.25) is 4.79 Å².